The molecule has 0 unspecified atom stereocenters. The Bertz CT molecular complexity index is 894. The molecule has 6 heteroatoms. The number of carbonyl (C=O) groups excluding carboxylic acids is 1. The van der Waals surface area contributed by atoms with Crippen LogP contribution in [0.25, 0.3) is 0 Å². The maximum Gasteiger partial charge on any atom is 0.232 e. The molecule has 0 aliphatic rings. The fourth-order valence-electron chi connectivity index (χ4n) is 3.16. The first-order chi connectivity index (χ1) is 12.7. The molecule has 2 aromatic rings. The normalized spacial score (nSPS) is 12.4. The van der Waals surface area contributed by atoms with Crippen molar-refractivity contribution in [2.24, 2.45) is 0 Å². The third kappa shape index (κ3) is 5.82. The third-order valence-corrected chi connectivity index (χ3v) is 5.76. The first kappa shape index (κ1) is 21.0. The molecule has 0 saturated heterocycles. The second kappa shape index (κ2) is 9.04. The van der Waals surface area contributed by atoms with Crippen molar-refractivity contribution in [3.05, 3.63) is 65.2 Å². The molecule has 0 radical (unpaired) electrons. The van der Waals surface area contributed by atoms with Crippen molar-refractivity contribution in [3.63, 3.8) is 0 Å². The zero-order valence-electron chi connectivity index (χ0n) is 16.4. The van der Waals surface area contributed by atoms with E-state index < -0.39 is 10.0 Å². The summed E-state index contributed by atoms with van der Waals surface area (Å²) in [7, 11) is -3.41. The van der Waals surface area contributed by atoms with Crippen LogP contribution < -0.4 is 9.62 Å². The average molecular weight is 389 g/mol. The van der Waals surface area contributed by atoms with Gasteiger partial charge in [-0.05, 0) is 49.9 Å². The number of nitrogens with one attached hydrogen (secondary N) is 1. The van der Waals surface area contributed by atoms with Crippen LogP contribution in [0, 0.1) is 13.8 Å². The van der Waals surface area contributed by atoms with Gasteiger partial charge in [0.15, 0.2) is 0 Å². The molecule has 2 rings (SSSR count). The van der Waals surface area contributed by atoms with Gasteiger partial charge >= 0.3 is 0 Å². The second-order valence-corrected chi connectivity index (χ2v) is 8.78. The topological polar surface area (TPSA) is 66.5 Å². The lowest BCUT2D eigenvalue weighted by Gasteiger charge is -2.24. The van der Waals surface area contributed by atoms with Gasteiger partial charge in [0.2, 0.25) is 15.9 Å². The lowest BCUT2D eigenvalue weighted by molar-refractivity contribution is -0.121. The first-order valence-corrected chi connectivity index (χ1v) is 10.9. The summed E-state index contributed by atoms with van der Waals surface area (Å²) in [6.45, 7) is 6.13. The summed E-state index contributed by atoms with van der Waals surface area (Å²) in [5, 5.41) is 2.99. The molecule has 146 valence electrons. The van der Waals surface area contributed by atoms with E-state index in [0.717, 1.165) is 16.7 Å². The first-order valence-electron chi connectivity index (χ1n) is 9.08. The number of aryl methyl sites for hydroxylation is 2. The van der Waals surface area contributed by atoms with E-state index in [1.165, 1.54) is 10.6 Å². The number of hydrogen-bond donors (Lipinski definition) is 1. The average Bonchev–Trinajstić information content (AvgIpc) is 2.59. The fraction of sp³-hybridized carbons (Fsp3) is 0.381. The minimum atomic E-state index is -3.41. The van der Waals surface area contributed by atoms with Crippen LogP contribution in [0.4, 0.5) is 5.69 Å². The molecular weight excluding hydrogens is 360 g/mol. The van der Waals surface area contributed by atoms with Crippen LogP contribution in [0.3, 0.4) is 0 Å². The van der Waals surface area contributed by atoms with E-state index in [-0.39, 0.29) is 24.9 Å². The van der Waals surface area contributed by atoms with Gasteiger partial charge in [-0.25, -0.2) is 8.42 Å². The summed E-state index contributed by atoms with van der Waals surface area (Å²) in [6, 6.07) is 15.2. The monoisotopic (exact) mass is 388 g/mol. The molecule has 0 aromatic heterocycles. The maximum atomic E-state index is 12.3. The highest BCUT2D eigenvalue weighted by Crippen LogP contribution is 2.22. The standard InChI is InChI=1S/C21H28N2O3S/c1-16-10-5-7-12-19(16)18(3)22-21(24)14-9-15-23(27(4,25)26)20-13-8-6-11-17(20)2/h5-8,10-13,18H,9,14-15H2,1-4H3,(H,22,24)/t18-/m1/s1. The molecule has 1 N–H and O–H groups in total. The number of sulfonamides is 1. The van der Waals surface area contributed by atoms with E-state index in [1.54, 1.807) is 6.07 Å². The number of benzene rings is 2. The Balaban J connectivity index is 1.96. The zero-order valence-corrected chi connectivity index (χ0v) is 17.2. The summed E-state index contributed by atoms with van der Waals surface area (Å²) in [5.74, 6) is -0.0796. The van der Waals surface area contributed by atoms with Crippen LogP contribution in [0.1, 0.15) is 42.5 Å². The number of para-hydroxylation sites is 1. The van der Waals surface area contributed by atoms with Crippen LogP contribution in [0.5, 0.6) is 0 Å². The number of amides is 1. The Labute approximate surface area is 162 Å². The predicted octanol–water partition coefficient (Wildman–Crippen LogP) is 3.73. The smallest absolute Gasteiger partial charge is 0.232 e. The van der Waals surface area contributed by atoms with Crippen molar-refractivity contribution in [2.45, 2.75) is 39.7 Å². The maximum absolute atomic E-state index is 12.3. The summed E-state index contributed by atoms with van der Waals surface area (Å²) >= 11 is 0. The Morgan fingerprint density at radius 2 is 1.63 bits per heavy atom. The fourth-order valence-corrected chi connectivity index (χ4v) is 4.18. The van der Waals surface area contributed by atoms with Crippen LogP contribution in [0.15, 0.2) is 48.5 Å². The van der Waals surface area contributed by atoms with E-state index in [2.05, 4.69) is 5.32 Å². The van der Waals surface area contributed by atoms with Gasteiger partial charge in [-0.3, -0.25) is 9.10 Å². The van der Waals surface area contributed by atoms with Crippen molar-refractivity contribution in [1.29, 1.82) is 0 Å². The van der Waals surface area contributed by atoms with Gasteiger partial charge in [0.05, 0.1) is 18.0 Å². The van der Waals surface area contributed by atoms with Crippen LogP contribution in [0.2, 0.25) is 0 Å². The molecule has 0 heterocycles. The molecule has 1 atom stereocenters. The highest BCUT2D eigenvalue weighted by Gasteiger charge is 2.19. The number of carbonyl (C=O) groups is 1. The van der Waals surface area contributed by atoms with Gasteiger partial charge in [-0.2, -0.15) is 0 Å². The number of rotatable bonds is 8. The molecule has 5 nitrogen and oxygen atoms in total. The summed E-state index contributed by atoms with van der Waals surface area (Å²) in [6.07, 6.45) is 1.92. The highest BCUT2D eigenvalue weighted by atomic mass is 32.2. The lowest BCUT2D eigenvalue weighted by atomic mass is 10.0. The van der Waals surface area contributed by atoms with E-state index in [1.807, 2.05) is 63.2 Å². The van der Waals surface area contributed by atoms with Crippen molar-refractivity contribution in [2.75, 3.05) is 17.1 Å². The van der Waals surface area contributed by atoms with E-state index >= 15 is 0 Å². The molecule has 0 saturated carbocycles. The predicted molar refractivity (Wildman–Crippen MR) is 110 cm³/mol. The second-order valence-electron chi connectivity index (χ2n) is 6.87. The van der Waals surface area contributed by atoms with E-state index in [4.69, 9.17) is 0 Å². The Morgan fingerprint density at radius 3 is 2.22 bits per heavy atom. The molecule has 0 spiro atoms. The van der Waals surface area contributed by atoms with Gasteiger partial charge in [-0.1, -0.05) is 42.5 Å². The molecule has 0 fully saturated rings. The molecule has 27 heavy (non-hydrogen) atoms. The summed E-state index contributed by atoms with van der Waals surface area (Å²) < 4.78 is 25.7. The lowest BCUT2D eigenvalue weighted by Crippen LogP contribution is -2.33. The number of anilines is 1. The minimum Gasteiger partial charge on any atom is -0.350 e. The van der Waals surface area contributed by atoms with Gasteiger partial charge < -0.3 is 5.32 Å². The minimum absolute atomic E-state index is 0.0796. The molecule has 0 aliphatic carbocycles. The Kier molecular flexibility index (Phi) is 7.02. The van der Waals surface area contributed by atoms with Crippen LogP contribution in [-0.2, 0) is 14.8 Å². The summed E-state index contributed by atoms with van der Waals surface area (Å²) in [5.41, 5.74) is 3.77. The van der Waals surface area contributed by atoms with Crippen molar-refractivity contribution < 1.29 is 13.2 Å². The molecule has 1 amide bonds. The van der Waals surface area contributed by atoms with Crippen molar-refractivity contribution >= 4 is 21.6 Å². The summed E-state index contributed by atoms with van der Waals surface area (Å²) in [4.78, 5) is 12.3. The molecular formula is C21H28N2O3S. The van der Waals surface area contributed by atoms with Gasteiger partial charge in [0.25, 0.3) is 0 Å². The van der Waals surface area contributed by atoms with Crippen molar-refractivity contribution in [1.82, 2.24) is 5.32 Å². The Hall–Kier alpha value is -2.34. The van der Waals surface area contributed by atoms with Crippen LogP contribution >= 0.6 is 0 Å². The highest BCUT2D eigenvalue weighted by molar-refractivity contribution is 7.92. The number of hydrogen-bond acceptors (Lipinski definition) is 3. The largest absolute Gasteiger partial charge is 0.350 e. The molecule has 2 aromatic carbocycles. The zero-order chi connectivity index (χ0) is 20.0. The molecule has 0 aliphatic heterocycles. The quantitative estimate of drug-likeness (QED) is 0.749. The Morgan fingerprint density at radius 1 is 1.04 bits per heavy atom. The SMILES string of the molecule is Cc1ccccc1[C@@H](C)NC(=O)CCCN(c1ccccc1C)S(C)(=O)=O. The van der Waals surface area contributed by atoms with Crippen LogP contribution in [-0.4, -0.2) is 27.1 Å². The number of nitrogens with zero attached hydrogens (tertiary/aromatic N) is 1. The van der Waals surface area contributed by atoms with Gasteiger partial charge in [-0.15, -0.1) is 0 Å². The van der Waals surface area contributed by atoms with E-state index in [0.29, 0.717) is 12.1 Å². The van der Waals surface area contributed by atoms with E-state index in [9.17, 15) is 13.2 Å². The van der Waals surface area contributed by atoms with Gasteiger partial charge in [0.1, 0.15) is 0 Å². The van der Waals surface area contributed by atoms with Crippen molar-refractivity contribution in [3.8, 4) is 0 Å². The third-order valence-electron chi connectivity index (χ3n) is 4.58. The molecule has 0 bridgehead atoms. The van der Waals surface area contributed by atoms with Gasteiger partial charge in [0, 0.05) is 13.0 Å².